The van der Waals surface area contributed by atoms with Gasteiger partial charge in [-0.3, -0.25) is 9.78 Å². The van der Waals surface area contributed by atoms with Gasteiger partial charge in [0.2, 0.25) is 5.91 Å². The third-order valence-corrected chi connectivity index (χ3v) is 3.46. The van der Waals surface area contributed by atoms with Crippen molar-refractivity contribution in [3.8, 4) is 0 Å². The van der Waals surface area contributed by atoms with E-state index in [2.05, 4.69) is 15.0 Å². The first-order chi connectivity index (χ1) is 10.1. The Morgan fingerprint density at radius 1 is 1.48 bits per heavy atom. The van der Waals surface area contributed by atoms with Crippen LogP contribution in [0.1, 0.15) is 12.0 Å². The SMILES string of the molecule is COC(=O)NC[C@@H]1C[C@H](F)CN1C(=O)Cc1ccncc1. The van der Waals surface area contributed by atoms with Crippen LogP contribution in [0.15, 0.2) is 24.5 Å². The van der Waals surface area contributed by atoms with Gasteiger partial charge in [0.25, 0.3) is 0 Å². The van der Waals surface area contributed by atoms with Crippen LogP contribution in [0.3, 0.4) is 0 Å². The molecule has 0 spiro atoms. The molecule has 1 N–H and O–H groups in total. The Labute approximate surface area is 122 Å². The molecule has 2 heterocycles. The van der Waals surface area contributed by atoms with Crippen LogP contribution in [0, 0.1) is 0 Å². The molecule has 0 unspecified atom stereocenters. The molecule has 0 aliphatic carbocycles. The molecule has 7 heteroatoms. The number of pyridine rings is 1. The summed E-state index contributed by atoms with van der Waals surface area (Å²) >= 11 is 0. The molecule has 114 valence electrons. The molecule has 6 nitrogen and oxygen atoms in total. The maximum atomic E-state index is 13.6. The second kappa shape index (κ2) is 7.01. The second-order valence-electron chi connectivity index (χ2n) is 4.94. The van der Waals surface area contributed by atoms with Gasteiger partial charge in [0, 0.05) is 25.4 Å². The molecule has 21 heavy (non-hydrogen) atoms. The Balaban J connectivity index is 1.95. The van der Waals surface area contributed by atoms with Gasteiger partial charge in [-0.2, -0.15) is 0 Å². The van der Waals surface area contributed by atoms with Crippen LogP contribution in [-0.2, 0) is 16.0 Å². The van der Waals surface area contributed by atoms with Crippen LogP contribution < -0.4 is 5.32 Å². The fourth-order valence-corrected chi connectivity index (χ4v) is 2.41. The molecular formula is C14H18FN3O3. The smallest absolute Gasteiger partial charge is 0.406 e. The normalized spacial score (nSPS) is 21.1. The van der Waals surface area contributed by atoms with Crippen molar-refractivity contribution in [2.45, 2.75) is 25.1 Å². The van der Waals surface area contributed by atoms with Crippen molar-refractivity contribution in [3.05, 3.63) is 30.1 Å². The average molecular weight is 295 g/mol. The minimum atomic E-state index is -1.06. The van der Waals surface area contributed by atoms with E-state index in [0.29, 0.717) is 0 Å². The predicted molar refractivity (Wildman–Crippen MR) is 73.4 cm³/mol. The van der Waals surface area contributed by atoms with Crippen LogP contribution in [0.25, 0.3) is 0 Å². The summed E-state index contributed by atoms with van der Waals surface area (Å²) in [5.74, 6) is -0.155. The van der Waals surface area contributed by atoms with E-state index in [-0.39, 0.29) is 37.9 Å². The van der Waals surface area contributed by atoms with Crippen molar-refractivity contribution in [1.29, 1.82) is 0 Å². The van der Waals surface area contributed by atoms with Crippen molar-refractivity contribution in [1.82, 2.24) is 15.2 Å². The van der Waals surface area contributed by atoms with E-state index in [9.17, 15) is 14.0 Å². The number of nitrogens with one attached hydrogen (secondary N) is 1. The highest BCUT2D eigenvalue weighted by atomic mass is 19.1. The largest absolute Gasteiger partial charge is 0.453 e. The highest BCUT2D eigenvalue weighted by Gasteiger charge is 2.35. The number of carbonyl (C=O) groups is 2. The summed E-state index contributed by atoms with van der Waals surface area (Å²) in [6.07, 6.45) is 2.01. The van der Waals surface area contributed by atoms with E-state index >= 15 is 0 Å². The Hall–Kier alpha value is -2.18. The quantitative estimate of drug-likeness (QED) is 0.896. The minimum Gasteiger partial charge on any atom is -0.453 e. The molecule has 2 rings (SSSR count). The highest BCUT2D eigenvalue weighted by Crippen LogP contribution is 2.21. The third-order valence-electron chi connectivity index (χ3n) is 3.46. The topological polar surface area (TPSA) is 71.5 Å². The molecule has 0 saturated carbocycles. The van der Waals surface area contributed by atoms with Gasteiger partial charge >= 0.3 is 6.09 Å². The van der Waals surface area contributed by atoms with E-state index in [1.165, 1.54) is 12.0 Å². The van der Waals surface area contributed by atoms with E-state index in [0.717, 1.165) is 5.56 Å². The molecule has 1 aromatic rings. The summed E-state index contributed by atoms with van der Waals surface area (Å²) < 4.78 is 18.1. The van der Waals surface area contributed by atoms with Crippen molar-refractivity contribution < 1.29 is 18.7 Å². The number of halogens is 1. The van der Waals surface area contributed by atoms with Crippen LogP contribution >= 0.6 is 0 Å². The molecule has 2 amide bonds. The number of nitrogens with zero attached hydrogens (tertiary/aromatic N) is 2. The summed E-state index contributed by atoms with van der Waals surface area (Å²) in [5, 5.41) is 2.51. The molecular weight excluding hydrogens is 277 g/mol. The third kappa shape index (κ3) is 4.14. The van der Waals surface area contributed by atoms with E-state index in [1.54, 1.807) is 24.5 Å². The van der Waals surface area contributed by atoms with Gasteiger partial charge in [-0.05, 0) is 17.7 Å². The first-order valence-corrected chi connectivity index (χ1v) is 6.74. The van der Waals surface area contributed by atoms with Crippen molar-refractivity contribution in [3.63, 3.8) is 0 Å². The number of carbonyl (C=O) groups excluding carboxylic acids is 2. The minimum absolute atomic E-state index is 0.0669. The molecule has 1 aromatic heterocycles. The number of amides is 2. The van der Waals surface area contributed by atoms with Gasteiger partial charge in [-0.25, -0.2) is 9.18 Å². The number of alkyl halides is 1. The number of hydrogen-bond acceptors (Lipinski definition) is 4. The fourth-order valence-electron chi connectivity index (χ4n) is 2.41. The second-order valence-corrected chi connectivity index (χ2v) is 4.94. The van der Waals surface area contributed by atoms with E-state index in [4.69, 9.17) is 0 Å². The summed E-state index contributed by atoms with van der Waals surface area (Å²) in [6.45, 7) is 0.257. The van der Waals surface area contributed by atoms with Crippen molar-refractivity contribution in [2.75, 3.05) is 20.2 Å². The van der Waals surface area contributed by atoms with E-state index < -0.39 is 12.3 Å². The molecule has 2 atom stereocenters. The molecule has 1 saturated heterocycles. The lowest BCUT2D eigenvalue weighted by molar-refractivity contribution is -0.131. The summed E-state index contributed by atoms with van der Waals surface area (Å²) in [7, 11) is 1.26. The number of aromatic nitrogens is 1. The molecule has 1 fully saturated rings. The lowest BCUT2D eigenvalue weighted by Gasteiger charge is -2.24. The summed E-state index contributed by atoms with van der Waals surface area (Å²) in [4.78, 5) is 28.7. The van der Waals surface area contributed by atoms with Gasteiger partial charge in [0.15, 0.2) is 0 Å². The van der Waals surface area contributed by atoms with Crippen molar-refractivity contribution >= 4 is 12.0 Å². The van der Waals surface area contributed by atoms with Crippen LogP contribution in [-0.4, -0.2) is 54.3 Å². The number of alkyl carbamates (subject to hydrolysis) is 1. The Morgan fingerprint density at radius 3 is 2.86 bits per heavy atom. The van der Waals surface area contributed by atoms with Crippen molar-refractivity contribution in [2.24, 2.45) is 0 Å². The number of rotatable bonds is 4. The zero-order chi connectivity index (χ0) is 15.2. The van der Waals surface area contributed by atoms with Gasteiger partial charge in [-0.15, -0.1) is 0 Å². The molecule has 1 aliphatic rings. The number of hydrogen-bond donors (Lipinski definition) is 1. The predicted octanol–water partition coefficient (Wildman–Crippen LogP) is 0.919. The molecule has 0 bridgehead atoms. The van der Waals surface area contributed by atoms with E-state index in [1.807, 2.05) is 0 Å². The Bertz CT molecular complexity index is 497. The standard InChI is InChI=1S/C14H18FN3O3/c1-21-14(20)17-8-12-7-11(15)9-18(12)13(19)6-10-2-4-16-5-3-10/h2-5,11-12H,6-9H2,1H3,(H,17,20)/t11-,12-/m0/s1. The van der Waals surface area contributed by atoms with Crippen LogP contribution in [0.2, 0.25) is 0 Å². The molecule has 1 aliphatic heterocycles. The van der Waals surface area contributed by atoms with Gasteiger partial charge in [0.05, 0.1) is 26.1 Å². The number of likely N-dealkylation sites (tertiary alicyclic amines) is 1. The zero-order valence-electron chi connectivity index (χ0n) is 11.8. The van der Waals surface area contributed by atoms with Gasteiger partial charge < -0.3 is 15.0 Å². The summed E-state index contributed by atoms with van der Waals surface area (Å²) in [5.41, 5.74) is 0.831. The zero-order valence-corrected chi connectivity index (χ0v) is 11.8. The Kier molecular flexibility index (Phi) is 5.08. The summed E-state index contributed by atoms with van der Waals surface area (Å²) in [6, 6.07) is 3.17. The van der Waals surface area contributed by atoms with Gasteiger partial charge in [-0.1, -0.05) is 0 Å². The number of ether oxygens (including phenoxy) is 1. The molecule has 0 aromatic carbocycles. The first kappa shape index (κ1) is 15.2. The van der Waals surface area contributed by atoms with Crippen LogP contribution in [0.4, 0.5) is 9.18 Å². The van der Waals surface area contributed by atoms with Gasteiger partial charge in [0.1, 0.15) is 6.17 Å². The fraction of sp³-hybridized carbons (Fsp3) is 0.500. The maximum Gasteiger partial charge on any atom is 0.406 e. The lowest BCUT2D eigenvalue weighted by Crippen LogP contribution is -2.43. The molecule has 0 radical (unpaired) electrons. The van der Waals surface area contributed by atoms with Crippen LogP contribution in [0.5, 0.6) is 0 Å². The maximum absolute atomic E-state index is 13.6. The number of methoxy groups -OCH3 is 1. The Morgan fingerprint density at radius 2 is 2.19 bits per heavy atom. The average Bonchev–Trinajstić information content (AvgIpc) is 2.87. The highest BCUT2D eigenvalue weighted by molar-refractivity contribution is 5.79. The monoisotopic (exact) mass is 295 g/mol. The lowest BCUT2D eigenvalue weighted by atomic mass is 10.1. The first-order valence-electron chi connectivity index (χ1n) is 6.74.